The second-order valence-electron chi connectivity index (χ2n) is 3.41. The molecule has 0 aliphatic rings. The van der Waals surface area contributed by atoms with Crippen LogP contribution in [0.25, 0.3) is 6.08 Å². The fourth-order valence-corrected chi connectivity index (χ4v) is 1.25. The van der Waals surface area contributed by atoms with Gasteiger partial charge in [0.2, 0.25) is 0 Å². The topological polar surface area (TPSA) is 63.3 Å². The first-order chi connectivity index (χ1) is 7.18. The molecule has 0 unspecified atom stereocenters. The van der Waals surface area contributed by atoms with Crippen LogP contribution >= 0.6 is 0 Å². The molecule has 0 aliphatic heterocycles. The van der Waals surface area contributed by atoms with E-state index in [4.69, 9.17) is 10.8 Å². The Labute approximate surface area is 89.2 Å². The van der Waals surface area contributed by atoms with Crippen molar-refractivity contribution in [1.82, 2.24) is 0 Å². The van der Waals surface area contributed by atoms with Gasteiger partial charge in [0.1, 0.15) is 0 Å². The number of carbonyl (C=O) groups is 1. The number of hydrogen-bond donors (Lipinski definition) is 2. The maximum Gasteiger partial charge on any atom is 0.304 e. The van der Waals surface area contributed by atoms with Gasteiger partial charge in [0.15, 0.2) is 0 Å². The molecule has 1 aromatic rings. The monoisotopic (exact) mass is 205 g/mol. The zero-order chi connectivity index (χ0) is 11.1. The lowest BCUT2D eigenvalue weighted by atomic mass is 10.1. The Morgan fingerprint density at radius 1 is 1.40 bits per heavy atom. The van der Waals surface area contributed by atoms with Gasteiger partial charge in [-0.05, 0) is 12.0 Å². The SMILES string of the molecule is N[C@H](C/C=C/c1ccccc1)CC(=O)O. The highest BCUT2D eigenvalue weighted by Crippen LogP contribution is 2.03. The molecule has 0 amide bonds. The zero-order valence-electron chi connectivity index (χ0n) is 8.47. The van der Waals surface area contributed by atoms with Crippen molar-refractivity contribution < 1.29 is 9.90 Å². The van der Waals surface area contributed by atoms with E-state index in [-0.39, 0.29) is 12.5 Å². The van der Waals surface area contributed by atoms with Gasteiger partial charge in [-0.3, -0.25) is 4.79 Å². The predicted octanol–water partition coefficient (Wildman–Crippen LogP) is 1.89. The Morgan fingerprint density at radius 2 is 2.07 bits per heavy atom. The van der Waals surface area contributed by atoms with Gasteiger partial charge in [-0.2, -0.15) is 0 Å². The Morgan fingerprint density at radius 3 is 2.67 bits per heavy atom. The molecule has 1 atom stereocenters. The lowest BCUT2D eigenvalue weighted by Crippen LogP contribution is -2.22. The second-order valence-corrected chi connectivity index (χ2v) is 3.41. The number of carboxylic acid groups (broad SMARTS) is 1. The van der Waals surface area contributed by atoms with E-state index in [1.54, 1.807) is 0 Å². The minimum Gasteiger partial charge on any atom is -0.481 e. The maximum absolute atomic E-state index is 10.3. The molecule has 0 saturated carbocycles. The lowest BCUT2D eigenvalue weighted by molar-refractivity contribution is -0.137. The van der Waals surface area contributed by atoms with Crippen molar-refractivity contribution in [2.45, 2.75) is 18.9 Å². The van der Waals surface area contributed by atoms with E-state index in [0.29, 0.717) is 6.42 Å². The molecule has 1 rings (SSSR count). The van der Waals surface area contributed by atoms with E-state index >= 15 is 0 Å². The predicted molar refractivity (Wildman–Crippen MR) is 60.3 cm³/mol. The standard InChI is InChI=1S/C12H15NO2/c13-11(9-12(14)15)8-4-7-10-5-2-1-3-6-10/h1-7,11H,8-9,13H2,(H,14,15)/b7-4+/t11-/m1/s1. The maximum atomic E-state index is 10.3. The van der Waals surface area contributed by atoms with Crippen molar-refractivity contribution in [3.8, 4) is 0 Å². The summed E-state index contributed by atoms with van der Waals surface area (Å²) in [7, 11) is 0. The van der Waals surface area contributed by atoms with Crippen LogP contribution in [0.3, 0.4) is 0 Å². The summed E-state index contributed by atoms with van der Waals surface area (Å²) in [6.07, 6.45) is 4.45. The van der Waals surface area contributed by atoms with E-state index in [2.05, 4.69) is 0 Å². The van der Waals surface area contributed by atoms with Gasteiger partial charge >= 0.3 is 5.97 Å². The fourth-order valence-electron chi connectivity index (χ4n) is 1.25. The number of nitrogens with two attached hydrogens (primary N) is 1. The summed E-state index contributed by atoms with van der Waals surface area (Å²) in [6.45, 7) is 0. The zero-order valence-corrected chi connectivity index (χ0v) is 8.47. The summed E-state index contributed by atoms with van der Waals surface area (Å²) in [5.41, 5.74) is 6.70. The highest BCUT2D eigenvalue weighted by Gasteiger charge is 2.04. The quantitative estimate of drug-likeness (QED) is 0.771. The molecule has 3 heteroatoms. The van der Waals surface area contributed by atoms with Gasteiger partial charge in [0.25, 0.3) is 0 Å². The Balaban J connectivity index is 2.37. The Hall–Kier alpha value is -1.61. The first kappa shape index (κ1) is 11.5. The molecule has 1 aromatic carbocycles. The Bertz CT molecular complexity index is 333. The number of hydrogen-bond acceptors (Lipinski definition) is 2. The van der Waals surface area contributed by atoms with Crippen LogP contribution in [0, 0.1) is 0 Å². The molecule has 3 N–H and O–H groups in total. The molecule has 15 heavy (non-hydrogen) atoms. The highest BCUT2D eigenvalue weighted by molar-refractivity contribution is 5.67. The summed E-state index contributed by atoms with van der Waals surface area (Å²) >= 11 is 0. The lowest BCUT2D eigenvalue weighted by Gasteiger charge is -2.03. The van der Waals surface area contributed by atoms with Gasteiger partial charge < -0.3 is 10.8 Å². The Kier molecular flexibility index (Phi) is 4.57. The largest absolute Gasteiger partial charge is 0.481 e. The van der Waals surface area contributed by atoms with E-state index in [9.17, 15) is 4.79 Å². The van der Waals surface area contributed by atoms with Crippen LogP contribution in [-0.2, 0) is 4.79 Å². The summed E-state index contributed by atoms with van der Waals surface area (Å²) in [5.74, 6) is -0.851. The minimum absolute atomic E-state index is 0.0130. The fraction of sp³-hybridized carbons (Fsp3) is 0.250. The van der Waals surface area contributed by atoms with Gasteiger partial charge in [0, 0.05) is 6.04 Å². The average molecular weight is 205 g/mol. The van der Waals surface area contributed by atoms with Crippen molar-refractivity contribution in [3.63, 3.8) is 0 Å². The third-order valence-electron chi connectivity index (χ3n) is 1.99. The van der Waals surface area contributed by atoms with Crippen molar-refractivity contribution in [1.29, 1.82) is 0 Å². The van der Waals surface area contributed by atoms with Gasteiger partial charge in [0.05, 0.1) is 6.42 Å². The number of rotatable bonds is 5. The molecule has 0 spiro atoms. The molecule has 0 saturated heterocycles. The van der Waals surface area contributed by atoms with Crippen LogP contribution in [0.15, 0.2) is 36.4 Å². The average Bonchev–Trinajstić information content (AvgIpc) is 2.18. The van der Waals surface area contributed by atoms with Crippen LogP contribution in [0.1, 0.15) is 18.4 Å². The van der Waals surface area contributed by atoms with Crippen LogP contribution in [-0.4, -0.2) is 17.1 Å². The third-order valence-corrected chi connectivity index (χ3v) is 1.99. The highest BCUT2D eigenvalue weighted by atomic mass is 16.4. The van der Waals surface area contributed by atoms with Gasteiger partial charge in [-0.25, -0.2) is 0 Å². The molecule has 80 valence electrons. The first-order valence-electron chi connectivity index (χ1n) is 4.87. The third kappa shape index (κ3) is 4.98. The van der Waals surface area contributed by atoms with E-state index in [0.717, 1.165) is 5.56 Å². The molecular formula is C12H15NO2. The van der Waals surface area contributed by atoms with E-state index in [1.165, 1.54) is 0 Å². The van der Waals surface area contributed by atoms with Crippen molar-refractivity contribution in [2.24, 2.45) is 5.73 Å². The van der Waals surface area contributed by atoms with Crippen molar-refractivity contribution in [2.75, 3.05) is 0 Å². The summed E-state index contributed by atoms with van der Waals surface area (Å²) in [6, 6.07) is 9.53. The molecule has 0 fully saturated rings. The molecular weight excluding hydrogens is 190 g/mol. The van der Waals surface area contributed by atoms with E-state index < -0.39 is 5.97 Å². The number of carboxylic acids is 1. The van der Waals surface area contributed by atoms with Crippen LogP contribution < -0.4 is 5.73 Å². The van der Waals surface area contributed by atoms with E-state index in [1.807, 2.05) is 42.5 Å². The molecule has 0 aromatic heterocycles. The normalized spacial score (nSPS) is 12.9. The molecule has 0 radical (unpaired) electrons. The van der Waals surface area contributed by atoms with Crippen LogP contribution in [0.4, 0.5) is 0 Å². The molecule has 0 heterocycles. The molecule has 3 nitrogen and oxygen atoms in total. The summed E-state index contributed by atoms with van der Waals surface area (Å²) in [4.78, 5) is 10.3. The molecule has 0 bridgehead atoms. The minimum atomic E-state index is -0.851. The van der Waals surface area contributed by atoms with Gasteiger partial charge in [-0.1, -0.05) is 42.5 Å². The summed E-state index contributed by atoms with van der Waals surface area (Å²) < 4.78 is 0. The van der Waals surface area contributed by atoms with Gasteiger partial charge in [-0.15, -0.1) is 0 Å². The van der Waals surface area contributed by atoms with Crippen LogP contribution in [0.5, 0.6) is 0 Å². The second kappa shape index (κ2) is 5.98. The smallest absolute Gasteiger partial charge is 0.304 e. The number of aliphatic carboxylic acids is 1. The van der Waals surface area contributed by atoms with Crippen LogP contribution in [0.2, 0.25) is 0 Å². The number of benzene rings is 1. The molecule has 0 aliphatic carbocycles. The van der Waals surface area contributed by atoms with Crippen molar-refractivity contribution >= 4 is 12.0 Å². The first-order valence-corrected chi connectivity index (χ1v) is 4.87. The van der Waals surface area contributed by atoms with Crippen molar-refractivity contribution in [3.05, 3.63) is 42.0 Å². The summed E-state index contributed by atoms with van der Waals surface area (Å²) in [5, 5.41) is 8.50.